The average Bonchev–Trinajstić information content (AvgIpc) is 2.93. The Kier molecular flexibility index (Phi) is 4.27. The molecular formula is C13H15N3O2S2. The maximum absolute atomic E-state index is 5.90. The minimum Gasteiger partial charge on any atom is -0.486 e. The van der Waals surface area contributed by atoms with Gasteiger partial charge < -0.3 is 14.8 Å². The molecule has 0 saturated carbocycles. The van der Waals surface area contributed by atoms with Crippen LogP contribution in [-0.4, -0.2) is 35.2 Å². The Balaban J connectivity index is 1.54. The molecule has 0 saturated heterocycles. The van der Waals surface area contributed by atoms with Gasteiger partial charge in [-0.3, -0.25) is 0 Å². The molecule has 0 unspecified atom stereocenters. The zero-order chi connectivity index (χ0) is 13.8. The number of hydrogen-bond donors (Lipinski definition) is 1. The van der Waals surface area contributed by atoms with Crippen LogP contribution in [0.3, 0.4) is 0 Å². The summed E-state index contributed by atoms with van der Waals surface area (Å²) >= 11 is 3.21. The van der Waals surface area contributed by atoms with Crippen molar-refractivity contribution >= 4 is 28.2 Å². The first-order chi connectivity index (χ1) is 9.85. The van der Waals surface area contributed by atoms with Crippen molar-refractivity contribution in [3.63, 3.8) is 0 Å². The van der Waals surface area contributed by atoms with Gasteiger partial charge in [0, 0.05) is 12.3 Å². The molecule has 1 aliphatic rings. The van der Waals surface area contributed by atoms with Crippen molar-refractivity contribution in [2.45, 2.75) is 17.4 Å². The predicted octanol–water partition coefficient (Wildman–Crippen LogP) is 2.90. The second-order valence-electron chi connectivity index (χ2n) is 4.21. The van der Waals surface area contributed by atoms with E-state index in [9.17, 15) is 0 Å². The van der Waals surface area contributed by atoms with Crippen molar-refractivity contribution in [3.05, 3.63) is 24.3 Å². The molecule has 0 radical (unpaired) electrons. The zero-order valence-corrected chi connectivity index (χ0v) is 12.7. The van der Waals surface area contributed by atoms with Gasteiger partial charge in [-0.1, -0.05) is 35.2 Å². The lowest BCUT2D eigenvalue weighted by molar-refractivity contribution is 0.107. The number of nitrogens with zero attached hydrogens (tertiary/aromatic N) is 2. The number of aromatic nitrogens is 2. The number of nitrogens with one attached hydrogen (secondary N) is 1. The van der Waals surface area contributed by atoms with Crippen molar-refractivity contribution in [2.75, 3.05) is 24.2 Å². The summed E-state index contributed by atoms with van der Waals surface area (Å²) in [5, 5.41) is 12.2. The summed E-state index contributed by atoms with van der Waals surface area (Å²) in [6.07, 6.45) is 0.0429. The lowest BCUT2D eigenvalue weighted by Gasteiger charge is -2.25. The summed E-state index contributed by atoms with van der Waals surface area (Å²) in [6, 6.07) is 7.75. The summed E-state index contributed by atoms with van der Waals surface area (Å²) in [5.41, 5.74) is 0. The van der Waals surface area contributed by atoms with Gasteiger partial charge in [-0.25, -0.2) is 0 Å². The fourth-order valence-electron chi connectivity index (χ4n) is 1.80. The molecule has 106 valence electrons. The Morgan fingerprint density at radius 2 is 2.20 bits per heavy atom. The number of para-hydroxylation sites is 2. The molecule has 3 rings (SSSR count). The molecule has 1 atom stereocenters. The van der Waals surface area contributed by atoms with Crippen LogP contribution in [0.1, 0.15) is 6.92 Å². The van der Waals surface area contributed by atoms with E-state index in [0.29, 0.717) is 6.61 Å². The molecule has 2 aromatic rings. The Labute approximate surface area is 125 Å². The lowest BCUT2D eigenvalue weighted by Crippen LogP contribution is -2.31. The van der Waals surface area contributed by atoms with Gasteiger partial charge in [0.15, 0.2) is 15.8 Å². The van der Waals surface area contributed by atoms with Crippen LogP contribution in [0.25, 0.3) is 0 Å². The normalized spacial score (nSPS) is 16.9. The van der Waals surface area contributed by atoms with E-state index in [2.05, 4.69) is 15.5 Å². The first-order valence-electron chi connectivity index (χ1n) is 6.44. The second-order valence-corrected chi connectivity index (χ2v) is 6.46. The minimum absolute atomic E-state index is 0.0429. The number of fused-ring (bicyclic) bond motifs is 1. The summed E-state index contributed by atoms with van der Waals surface area (Å²) in [6.45, 7) is 3.47. The number of benzene rings is 1. The van der Waals surface area contributed by atoms with Gasteiger partial charge in [-0.15, -0.1) is 10.2 Å². The van der Waals surface area contributed by atoms with E-state index in [-0.39, 0.29) is 6.10 Å². The van der Waals surface area contributed by atoms with Crippen LogP contribution in [-0.2, 0) is 0 Å². The third-order valence-corrected chi connectivity index (χ3v) is 4.84. The predicted molar refractivity (Wildman–Crippen MR) is 81.1 cm³/mol. The van der Waals surface area contributed by atoms with Gasteiger partial charge in [0.25, 0.3) is 0 Å². The molecule has 1 N–H and O–H groups in total. The van der Waals surface area contributed by atoms with Crippen LogP contribution in [0.15, 0.2) is 28.6 Å². The van der Waals surface area contributed by atoms with Crippen molar-refractivity contribution < 1.29 is 9.47 Å². The van der Waals surface area contributed by atoms with Crippen LogP contribution in [0.5, 0.6) is 11.5 Å². The topological polar surface area (TPSA) is 56.3 Å². The summed E-state index contributed by atoms with van der Waals surface area (Å²) in [4.78, 5) is 0. The molecule has 0 spiro atoms. The SMILES string of the molecule is CCNc1nnc(SC[C@H]2COc3ccccc3O2)s1. The van der Waals surface area contributed by atoms with Gasteiger partial charge in [0.2, 0.25) is 5.13 Å². The van der Waals surface area contributed by atoms with E-state index in [1.807, 2.05) is 31.2 Å². The molecule has 0 bridgehead atoms. The second kappa shape index (κ2) is 6.32. The van der Waals surface area contributed by atoms with Crippen LogP contribution in [0.4, 0.5) is 5.13 Å². The summed E-state index contributed by atoms with van der Waals surface area (Å²) < 4.78 is 12.5. The number of anilines is 1. The summed E-state index contributed by atoms with van der Waals surface area (Å²) in [5.74, 6) is 2.43. The Morgan fingerprint density at radius 3 is 3.05 bits per heavy atom. The fraction of sp³-hybridized carbons (Fsp3) is 0.385. The molecular weight excluding hydrogens is 294 g/mol. The van der Waals surface area contributed by atoms with Crippen LogP contribution < -0.4 is 14.8 Å². The Bertz CT molecular complexity index is 576. The highest BCUT2D eigenvalue weighted by atomic mass is 32.2. The molecule has 5 nitrogen and oxygen atoms in total. The van der Waals surface area contributed by atoms with E-state index >= 15 is 0 Å². The van der Waals surface area contributed by atoms with Crippen LogP contribution in [0.2, 0.25) is 0 Å². The molecule has 0 fully saturated rings. The maximum Gasteiger partial charge on any atom is 0.206 e. The van der Waals surface area contributed by atoms with Gasteiger partial charge >= 0.3 is 0 Å². The number of thioether (sulfide) groups is 1. The molecule has 20 heavy (non-hydrogen) atoms. The van der Waals surface area contributed by atoms with Crippen molar-refractivity contribution in [1.29, 1.82) is 0 Å². The maximum atomic E-state index is 5.90. The first-order valence-corrected chi connectivity index (χ1v) is 8.24. The highest BCUT2D eigenvalue weighted by molar-refractivity contribution is 8.01. The lowest BCUT2D eigenvalue weighted by atomic mass is 10.3. The molecule has 1 aromatic carbocycles. The first kappa shape index (κ1) is 13.5. The highest BCUT2D eigenvalue weighted by Crippen LogP contribution is 2.33. The molecule has 1 aromatic heterocycles. The monoisotopic (exact) mass is 309 g/mol. The molecule has 2 heterocycles. The molecule has 1 aliphatic heterocycles. The van der Waals surface area contributed by atoms with Crippen LogP contribution >= 0.6 is 23.1 Å². The Morgan fingerprint density at radius 1 is 1.35 bits per heavy atom. The minimum atomic E-state index is 0.0429. The average molecular weight is 309 g/mol. The quantitative estimate of drug-likeness (QED) is 0.857. The van der Waals surface area contributed by atoms with E-state index < -0.39 is 0 Å². The van der Waals surface area contributed by atoms with Gasteiger partial charge in [-0.05, 0) is 19.1 Å². The van der Waals surface area contributed by atoms with Crippen molar-refractivity contribution in [1.82, 2.24) is 10.2 Å². The largest absolute Gasteiger partial charge is 0.486 e. The van der Waals surface area contributed by atoms with Gasteiger partial charge in [0.1, 0.15) is 12.7 Å². The van der Waals surface area contributed by atoms with Crippen molar-refractivity contribution in [2.24, 2.45) is 0 Å². The fourth-order valence-corrected chi connectivity index (χ4v) is 3.61. The molecule has 0 amide bonds. The molecule has 0 aliphatic carbocycles. The summed E-state index contributed by atoms with van der Waals surface area (Å²) in [7, 11) is 0. The van der Waals surface area contributed by atoms with E-state index in [4.69, 9.17) is 9.47 Å². The molecule has 7 heteroatoms. The van der Waals surface area contributed by atoms with E-state index in [0.717, 1.165) is 33.3 Å². The van der Waals surface area contributed by atoms with E-state index in [1.54, 1.807) is 23.1 Å². The smallest absolute Gasteiger partial charge is 0.206 e. The van der Waals surface area contributed by atoms with Gasteiger partial charge in [0.05, 0.1) is 0 Å². The van der Waals surface area contributed by atoms with Crippen molar-refractivity contribution in [3.8, 4) is 11.5 Å². The van der Waals surface area contributed by atoms with Gasteiger partial charge in [-0.2, -0.15) is 0 Å². The number of ether oxygens (including phenoxy) is 2. The number of rotatable bonds is 5. The number of hydrogen-bond acceptors (Lipinski definition) is 7. The highest BCUT2D eigenvalue weighted by Gasteiger charge is 2.21. The van der Waals surface area contributed by atoms with Crippen LogP contribution in [0, 0.1) is 0 Å². The third-order valence-electron chi connectivity index (χ3n) is 2.69. The van der Waals surface area contributed by atoms with E-state index in [1.165, 1.54) is 0 Å². The third kappa shape index (κ3) is 3.16. The standard InChI is InChI=1S/C13H15N3O2S2/c1-2-14-12-15-16-13(20-12)19-8-9-7-17-10-5-3-4-6-11(10)18-9/h3-6,9H,2,7-8H2,1H3,(H,14,15)/t9-/m1/s1. The Hall–Kier alpha value is -1.47. The zero-order valence-electron chi connectivity index (χ0n) is 11.0.